The normalized spacial score (nSPS) is 10.6. The third kappa shape index (κ3) is 5.84. The number of rotatable bonds is 10. The molecule has 2 rings (SSSR count). The number of nitrogen functional groups attached to an aromatic ring is 1. The maximum Gasteiger partial charge on any atom is 0.307 e. The molecule has 0 aliphatic carbocycles. The van der Waals surface area contributed by atoms with Gasteiger partial charge in [-0.2, -0.15) is 4.98 Å². The van der Waals surface area contributed by atoms with Gasteiger partial charge >= 0.3 is 5.97 Å². The summed E-state index contributed by atoms with van der Waals surface area (Å²) in [6.07, 6.45) is 3.90. The first-order chi connectivity index (χ1) is 12.9. The van der Waals surface area contributed by atoms with Crippen LogP contribution in [-0.2, 0) is 17.6 Å². The predicted molar refractivity (Wildman–Crippen MR) is 106 cm³/mol. The molecule has 0 aliphatic heterocycles. The van der Waals surface area contributed by atoms with Gasteiger partial charge in [0.15, 0.2) is 0 Å². The molecular formula is C20H28N4O3. The first-order valence-corrected chi connectivity index (χ1v) is 9.19. The minimum atomic E-state index is -0.869. The topological polar surface area (TPSA) is 110 Å². The van der Waals surface area contributed by atoms with Crippen LogP contribution < -0.4 is 15.8 Å². The Hall–Kier alpha value is -2.83. The van der Waals surface area contributed by atoms with E-state index in [0.717, 1.165) is 48.4 Å². The summed E-state index contributed by atoms with van der Waals surface area (Å²) in [4.78, 5) is 19.6. The van der Waals surface area contributed by atoms with Crippen LogP contribution >= 0.6 is 0 Å². The highest BCUT2D eigenvalue weighted by molar-refractivity contribution is 5.70. The second kappa shape index (κ2) is 9.75. The van der Waals surface area contributed by atoms with Crippen molar-refractivity contribution in [1.29, 1.82) is 0 Å². The number of nitrogens with two attached hydrogens (primary N) is 1. The average molecular weight is 372 g/mol. The number of aryl methyl sites for hydroxylation is 1. The van der Waals surface area contributed by atoms with Crippen LogP contribution in [0, 0.1) is 6.92 Å². The number of hydrogen-bond acceptors (Lipinski definition) is 6. The SMILES string of the molecule is CCCCCNc1nc(N)nc(C)c1Cc1ccc(CC(=O)O)cc1OC. The Labute approximate surface area is 160 Å². The summed E-state index contributed by atoms with van der Waals surface area (Å²) in [6, 6.07) is 5.48. The van der Waals surface area contributed by atoms with E-state index in [1.54, 1.807) is 13.2 Å². The molecule has 7 heteroatoms. The monoisotopic (exact) mass is 372 g/mol. The molecule has 0 unspecified atom stereocenters. The first kappa shape index (κ1) is 20.5. The number of nitrogens with zero attached hydrogens (tertiary/aromatic N) is 2. The zero-order valence-corrected chi connectivity index (χ0v) is 16.2. The molecule has 0 amide bonds. The van der Waals surface area contributed by atoms with Gasteiger partial charge in [0.2, 0.25) is 5.95 Å². The number of hydrogen-bond donors (Lipinski definition) is 3. The van der Waals surface area contributed by atoms with E-state index in [9.17, 15) is 4.79 Å². The van der Waals surface area contributed by atoms with Crippen LogP contribution in [0.15, 0.2) is 18.2 Å². The number of carbonyl (C=O) groups is 1. The van der Waals surface area contributed by atoms with Crippen molar-refractivity contribution in [2.75, 3.05) is 24.7 Å². The van der Waals surface area contributed by atoms with Gasteiger partial charge in [-0.25, -0.2) is 4.98 Å². The van der Waals surface area contributed by atoms with Crippen molar-refractivity contribution in [2.45, 2.75) is 46.0 Å². The number of carboxylic acids is 1. The third-order valence-electron chi connectivity index (χ3n) is 4.38. The molecule has 1 aromatic heterocycles. The number of methoxy groups -OCH3 is 1. The third-order valence-corrected chi connectivity index (χ3v) is 4.38. The van der Waals surface area contributed by atoms with E-state index in [4.69, 9.17) is 15.6 Å². The van der Waals surface area contributed by atoms with Gasteiger partial charge < -0.3 is 20.9 Å². The zero-order valence-electron chi connectivity index (χ0n) is 16.2. The van der Waals surface area contributed by atoms with Crippen LogP contribution in [0.5, 0.6) is 5.75 Å². The number of benzene rings is 1. The molecule has 1 aromatic carbocycles. The molecule has 0 bridgehead atoms. The largest absolute Gasteiger partial charge is 0.496 e. The highest BCUT2D eigenvalue weighted by atomic mass is 16.5. The van der Waals surface area contributed by atoms with Gasteiger partial charge in [-0.05, 0) is 30.5 Å². The summed E-state index contributed by atoms with van der Waals surface area (Å²) < 4.78 is 5.48. The Morgan fingerprint density at radius 2 is 2.07 bits per heavy atom. The van der Waals surface area contributed by atoms with E-state index >= 15 is 0 Å². The lowest BCUT2D eigenvalue weighted by Gasteiger charge is -2.16. The maximum atomic E-state index is 10.9. The number of aliphatic carboxylic acids is 1. The van der Waals surface area contributed by atoms with E-state index in [1.165, 1.54) is 0 Å². The van der Waals surface area contributed by atoms with Gasteiger partial charge in [0.25, 0.3) is 0 Å². The number of aromatic nitrogens is 2. The van der Waals surface area contributed by atoms with E-state index < -0.39 is 5.97 Å². The Bertz CT molecular complexity index is 793. The molecule has 0 atom stereocenters. The van der Waals surface area contributed by atoms with Crippen molar-refractivity contribution < 1.29 is 14.6 Å². The molecule has 27 heavy (non-hydrogen) atoms. The Balaban J connectivity index is 2.28. The lowest BCUT2D eigenvalue weighted by molar-refractivity contribution is -0.136. The van der Waals surface area contributed by atoms with Crippen LogP contribution in [-0.4, -0.2) is 34.7 Å². The second-order valence-electron chi connectivity index (χ2n) is 6.52. The lowest BCUT2D eigenvalue weighted by atomic mass is 10.0. The van der Waals surface area contributed by atoms with Crippen molar-refractivity contribution >= 4 is 17.7 Å². The number of unbranched alkanes of at least 4 members (excludes halogenated alkanes) is 2. The second-order valence-corrected chi connectivity index (χ2v) is 6.52. The van der Waals surface area contributed by atoms with Gasteiger partial charge in [-0.15, -0.1) is 0 Å². The molecule has 0 spiro atoms. The van der Waals surface area contributed by atoms with Crippen LogP contribution in [0.3, 0.4) is 0 Å². The van der Waals surface area contributed by atoms with E-state index in [0.29, 0.717) is 17.7 Å². The first-order valence-electron chi connectivity index (χ1n) is 9.19. The molecule has 2 aromatic rings. The minimum absolute atomic E-state index is 0.0368. The van der Waals surface area contributed by atoms with E-state index in [1.807, 2.05) is 19.1 Å². The fraction of sp³-hybridized carbons (Fsp3) is 0.450. The van der Waals surface area contributed by atoms with Crippen LogP contribution in [0.1, 0.15) is 48.6 Å². The molecular weight excluding hydrogens is 344 g/mol. The zero-order chi connectivity index (χ0) is 19.8. The number of carboxylic acid groups (broad SMARTS) is 1. The Kier molecular flexibility index (Phi) is 7.40. The molecule has 0 radical (unpaired) electrons. The van der Waals surface area contributed by atoms with Crippen LogP contribution in [0.4, 0.5) is 11.8 Å². The summed E-state index contributed by atoms with van der Waals surface area (Å²) in [7, 11) is 1.58. The summed E-state index contributed by atoms with van der Waals surface area (Å²) in [6.45, 7) is 4.90. The molecule has 0 saturated heterocycles. The molecule has 0 saturated carbocycles. The fourth-order valence-corrected chi connectivity index (χ4v) is 2.97. The molecule has 0 fully saturated rings. The predicted octanol–water partition coefficient (Wildman–Crippen LogP) is 3.20. The maximum absolute atomic E-state index is 10.9. The standard InChI is InChI=1S/C20H28N4O3/c1-4-5-6-9-22-19-16(13(2)23-20(21)24-19)12-15-8-7-14(11-18(25)26)10-17(15)27-3/h7-8,10H,4-6,9,11-12H2,1-3H3,(H,25,26)(H3,21,22,23,24). The van der Waals surface area contributed by atoms with Gasteiger partial charge in [-0.3, -0.25) is 4.79 Å². The molecule has 146 valence electrons. The minimum Gasteiger partial charge on any atom is -0.496 e. The van der Waals surface area contributed by atoms with Crippen molar-refractivity contribution in [3.05, 3.63) is 40.6 Å². The number of anilines is 2. The highest BCUT2D eigenvalue weighted by Gasteiger charge is 2.15. The molecule has 1 heterocycles. The summed E-state index contributed by atoms with van der Waals surface area (Å²) in [5, 5.41) is 12.4. The van der Waals surface area contributed by atoms with Gasteiger partial charge in [0.05, 0.1) is 13.5 Å². The molecule has 4 N–H and O–H groups in total. The number of ether oxygens (including phenoxy) is 1. The highest BCUT2D eigenvalue weighted by Crippen LogP contribution is 2.27. The van der Waals surface area contributed by atoms with Crippen molar-refractivity contribution in [3.8, 4) is 5.75 Å². The van der Waals surface area contributed by atoms with E-state index in [-0.39, 0.29) is 12.4 Å². The van der Waals surface area contributed by atoms with Crippen molar-refractivity contribution in [3.63, 3.8) is 0 Å². The summed E-state index contributed by atoms with van der Waals surface area (Å²) in [5.74, 6) is 0.777. The van der Waals surface area contributed by atoms with E-state index in [2.05, 4.69) is 22.2 Å². The van der Waals surface area contributed by atoms with Crippen LogP contribution in [0.25, 0.3) is 0 Å². The van der Waals surface area contributed by atoms with Crippen molar-refractivity contribution in [2.24, 2.45) is 0 Å². The molecule has 7 nitrogen and oxygen atoms in total. The summed E-state index contributed by atoms with van der Waals surface area (Å²) in [5.41, 5.74) is 9.26. The lowest BCUT2D eigenvalue weighted by Crippen LogP contribution is -2.12. The van der Waals surface area contributed by atoms with Crippen molar-refractivity contribution in [1.82, 2.24) is 9.97 Å². The summed E-state index contributed by atoms with van der Waals surface area (Å²) >= 11 is 0. The molecule has 0 aliphatic rings. The van der Waals surface area contributed by atoms with Gasteiger partial charge in [0, 0.05) is 24.2 Å². The van der Waals surface area contributed by atoms with Crippen LogP contribution in [0.2, 0.25) is 0 Å². The Morgan fingerprint density at radius 3 is 2.74 bits per heavy atom. The van der Waals surface area contributed by atoms with Gasteiger partial charge in [0.1, 0.15) is 11.6 Å². The number of nitrogens with one attached hydrogen (secondary N) is 1. The quantitative estimate of drug-likeness (QED) is 0.549. The fourth-order valence-electron chi connectivity index (χ4n) is 2.97. The Morgan fingerprint density at radius 1 is 1.30 bits per heavy atom. The van der Waals surface area contributed by atoms with Gasteiger partial charge in [-0.1, -0.05) is 31.9 Å². The smallest absolute Gasteiger partial charge is 0.307 e. The average Bonchev–Trinajstić information content (AvgIpc) is 2.61.